The van der Waals surface area contributed by atoms with Crippen molar-refractivity contribution in [3.8, 4) is 17.2 Å². The highest BCUT2D eigenvalue weighted by Gasteiger charge is 2.38. The van der Waals surface area contributed by atoms with Crippen molar-refractivity contribution >= 4 is 40.1 Å². The second-order valence-electron chi connectivity index (χ2n) is 8.43. The summed E-state index contributed by atoms with van der Waals surface area (Å²) in [5.41, 5.74) is 1.34. The van der Waals surface area contributed by atoms with Crippen LogP contribution in [0.25, 0.3) is 0 Å². The fraction of sp³-hybridized carbons (Fsp3) is 0.276. The molecule has 38 heavy (non-hydrogen) atoms. The van der Waals surface area contributed by atoms with Gasteiger partial charge in [-0.25, -0.2) is 4.99 Å². The van der Waals surface area contributed by atoms with Crippen LogP contribution in [-0.2, 0) is 14.3 Å². The maximum atomic E-state index is 13.2. The van der Waals surface area contributed by atoms with Gasteiger partial charge in [0.15, 0.2) is 5.17 Å². The summed E-state index contributed by atoms with van der Waals surface area (Å²) in [5, 5.41) is 2.90. The number of carbonyl (C=O) groups is 2. The standard InChI is InChI=1S/C29H31N3O5S/c1-3-36-19-7-18-32-28(34)26(38-29(32)31-22-10-14-23(35-2)15-11-22)20-27(33)30-21-12-16-25(17-13-21)37-24-8-5-4-6-9-24/h4-6,8-17,26H,3,7,18-20H2,1-2H3,(H,30,33). The van der Waals surface area contributed by atoms with Crippen LogP contribution >= 0.6 is 11.8 Å². The molecule has 1 unspecified atom stereocenters. The highest BCUT2D eigenvalue weighted by molar-refractivity contribution is 8.15. The zero-order valence-corrected chi connectivity index (χ0v) is 22.3. The quantitative estimate of drug-likeness (QED) is 0.293. The molecule has 0 radical (unpaired) electrons. The molecule has 0 aromatic heterocycles. The lowest BCUT2D eigenvalue weighted by atomic mass is 10.2. The van der Waals surface area contributed by atoms with Crippen molar-refractivity contribution in [2.45, 2.75) is 25.0 Å². The van der Waals surface area contributed by atoms with Crippen LogP contribution in [0.4, 0.5) is 11.4 Å². The number of thioether (sulfide) groups is 1. The molecule has 2 amide bonds. The molecule has 8 nitrogen and oxygen atoms in total. The van der Waals surface area contributed by atoms with Crippen LogP contribution in [0, 0.1) is 0 Å². The number of amidine groups is 1. The van der Waals surface area contributed by atoms with E-state index in [1.807, 2.05) is 61.5 Å². The minimum absolute atomic E-state index is 0.0371. The van der Waals surface area contributed by atoms with E-state index in [1.165, 1.54) is 11.8 Å². The van der Waals surface area contributed by atoms with Gasteiger partial charge in [-0.05, 0) is 74.0 Å². The zero-order valence-electron chi connectivity index (χ0n) is 21.5. The number of carbonyl (C=O) groups excluding carboxylic acids is 2. The van der Waals surface area contributed by atoms with Crippen molar-refractivity contribution < 1.29 is 23.8 Å². The van der Waals surface area contributed by atoms with Gasteiger partial charge >= 0.3 is 0 Å². The molecule has 0 spiro atoms. The zero-order chi connectivity index (χ0) is 26.7. The Hall–Kier alpha value is -3.82. The van der Waals surface area contributed by atoms with Gasteiger partial charge in [0.05, 0.1) is 12.8 Å². The van der Waals surface area contributed by atoms with Gasteiger partial charge < -0.3 is 19.5 Å². The van der Waals surface area contributed by atoms with Gasteiger partial charge in [-0.2, -0.15) is 0 Å². The van der Waals surface area contributed by atoms with Crippen LogP contribution in [0.1, 0.15) is 19.8 Å². The van der Waals surface area contributed by atoms with Crippen LogP contribution in [-0.4, -0.2) is 54.0 Å². The fourth-order valence-electron chi connectivity index (χ4n) is 3.78. The highest BCUT2D eigenvalue weighted by Crippen LogP contribution is 2.32. The third kappa shape index (κ3) is 7.60. The summed E-state index contributed by atoms with van der Waals surface area (Å²) >= 11 is 1.31. The molecule has 1 saturated heterocycles. The van der Waals surface area contributed by atoms with Crippen LogP contribution in [0.3, 0.4) is 0 Å². The maximum Gasteiger partial charge on any atom is 0.242 e. The molecular weight excluding hydrogens is 502 g/mol. The number of hydrogen-bond acceptors (Lipinski definition) is 7. The van der Waals surface area contributed by atoms with E-state index in [2.05, 4.69) is 5.32 Å². The fourth-order valence-corrected chi connectivity index (χ4v) is 4.96. The van der Waals surface area contributed by atoms with Gasteiger partial charge in [-0.15, -0.1) is 0 Å². The number of amides is 2. The summed E-state index contributed by atoms with van der Waals surface area (Å²) < 4.78 is 16.4. The van der Waals surface area contributed by atoms with Gasteiger partial charge in [0, 0.05) is 31.9 Å². The Kier molecular flexibility index (Phi) is 9.77. The average Bonchev–Trinajstić information content (AvgIpc) is 3.22. The number of hydrogen-bond donors (Lipinski definition) is 1. The van der Waals surface area contributed by atoms with E-state index < -0.39 is 5.25 Å². The lowest BCUT2D eigenvalue weighted by molar-refractivity contribution is -0.128. The molecule has 1 heterocycles. The van der Waals surface area contributed by atoms with E-state index in [4.69, 9.17) is 19.2 Å². The van der Waals surface area contributed by atoms with Gasteiger partial charge in [0.1, 0.15) is 22.5 Å². The molecule has 0 bridgehead atoms. The molecule has 1 aliphatic heterocycles. The lowest BCUT2D eigenvalue weighted by Crippen LogP contribution is -2.34. The van der Waals surface area contributed by atoms with Crippen molar-refractivity contribution in [3.05, 3.63) is 78.9 Å². The van der Waals surface area contributed by atoms with E-state index in [1.54, 1.807) is 36.3 Å². The maximum absolute atomic E-state index is 13.2. The molecule has 0 aliphatic carbocycles. The monoisotopic (exact) mass is 533 g/mol. The Labute approximate surface area is 227 Å². The molecule has 1 fully saturated rings. The minimum atomic E-state index is -0.556. The third-order valence-electron chi connectivity index (χ3n) is 5.68. The molecule has 3 aromatic carbocycles. The molecule has 4 rings (SSSR count). The van der Waals surface area contributed by atoms with Crippen molar-refractivity contribution in [1.82, 2.24) is 4.90 Å². The summed E-state index contributed by atoms with van der Waals surface area (Å²) in [6, 6.07) is 23.9. The Bertz CT molecular complexity index is 1230. The summed E-state index contributed by atoms with van der Waals surface area (Å²) in [6.45, 7) is 3.58. The minimum Gasteiger partial charge on any atom is -0.497 e. The largest absolute Gasteiger partial charge is 0.497 e. The first-order valence-corrected chi connectivity index (χ1v) is 13.3. The third-order valence-corrected chi connectivity index (χ3v) is 6.85. The lowest BCUT2D eigenvalue weighted by Gasteiger charge is -2.16. The number of methoxy groups -OCH3 is 1. The number of nitrogens with zero attached hydrogens (tertiary/aromatic N) is 2. The van der Waals surface area contributed by atoms with E-state index in [0.29, 0.717) is 48.5 Å². The summed E-state index contributed by atoms with van der Waals surface area (Å²) in [6.07, 6.45) is 0.716. The number of para-hydroxylation sites is 1. The molecule has 1 atom stereocenters. The van der Waals surface area contributed by atoms with Gasteiger partial charge in [-0.1, -0.05) is 30.0 Å². The van der Waals surface area contributed by atoms with E-state index in [9.17, 15) is 9.59 Å². The van der Waals surface area contributed by atoms with Crippen molar-refractivity contribution in [3.63, 3.8) is 0 Å². The molecule has 198 valence electrons. The highest BCUT2D eigenvalue weighted by atomic mass is 32.2. The molecule has 9 heteroatoms. The smallest absolute Gasteiger partial charge is 0.242 e. The Balaban J connectivity index is 1.39. The van der Waals surface area contributed by atoms with Gasteiger partial charge in [-0.3, -0.25) is 14.5 Å². The van der Waals surface area contributed by atoms with Crippen molar-refractivity contribution in [2.24, 2.45) is 4.99 Å². The molecular formula is C29H31N3O5S. The van der Waals surface area contributed by atoms with E-state index >= 15 is 0 Å². The van der Waals surface area contributed by atoms with Crippen molar-refractivity contribution in [1.29, 1.82) is 0 Å². The molecule has 1 aliphatic rings. The first kappa shape index (κ1) is 27.2. The summed E-state index contributed by atoms with van der Waals surface area (Å²) in [5.74, 6) is 1.76. The van der Waals surface area contributed by atoms with Crippen LogP contribution in [0.15, 0.2) is 83.9 Å². The summed E-state index contributed by atoms with van der Waals surface area (Å²) in [4.78, 5) is 32.4. The first-order chi connectivity index (χ1) is 18.6. The van der Waals surface area contributed by atoms with Crippen LogP contribution in [0.2, 0.25) is 0 Å². The molecule has 0 saturated carbocycles. The number of ether oxygens (including phenoxy) is 3. The molecule has 1 N–H and O–H groups in total. The Morgan fingerprint density at radius 2 is 1.66 bits per heavy atom. The topological polar surface area (TPSA) is 89.5 Å². The summed E-state index contributed by atoms with van der Waals surface area (Å²) in [7, 11) is 1.61. The SMILES string of the molecule is CCOCCCN1C(=O)C(CC(=O)Nc2ccc(Oc3ccccc3)cc2)SC1=Nc1ccc(OC)cc1. The number of nitrogens with one attached hydrogen (secondary N) is 1. The van der Waals surface area contributed by atoms with Gasteiger partial charge in [0.25, 0.3) is 0 Å². The van der Waals surface area contributed by atoms with Gasteiger partial charge in [0.2, 0.25) is 11.8 Å². The number of benzene rings is 3. The van der Waals surface area contributed by atoms with Crippen LogP contribution in [0.5, 0.6) is 17.2 Å². The van der Waals surface area contributed by atoms with E-state index in [-0.39, 0.29) is 18.2 Å². The predicted molar refractivity (Wildman–Crippen MR) is 150 cm³/mol. The average molecular weight is 534 g/mol. The molecule has 3 aromatic rings. The Morgan fingerprint density at radius 3 is 2.34 bits per heavy atom. The number of aliphatic imine (C=N–C) groups is 1. The second-order valence-corrected chi connectivity index (χ2v) is 9.60. The van der Waals surface area contributed by atoms with Crippen molar-refractivity contribution in [2.75, 3.05) is 32.2 Å². The normalized spacial score (nSPS) is 16.1. The van der Waals surface area contributed by atoms with Crippen LogP contribution < -0.4 is 14.8 Å². The second kappa shape index (κ2) is 13.6. The Morgan fingerprint density at radius 1 is 0.974 bits per heavy atom. The number of rotatable bonds is 12. The predicted octanol–water partition coefficient (Wildman–Crippen LogP) is 5.87. The first-order valence-electron chi connectivity index (χ1n) is 12.5. The van der Waals surface area contributed by atoms with E-state index in [0.717, 1.165) is 11.5 Å². The number of anilines is 1.